The number of hydrogen-bond acceptors (Lipinski definition) is 22. The number of rotatable bonds is 21. The third-order valence-electron chi connectivity index (χ3n) is 4.93. The van der Waals surface area contributed by atoms with E-state index in [4.69, 9.17) is 30.1 Å². The summed E-state index contributed by atoms with van der Waals surface area (Å²) in [5.41, 5.74) is 6.63. The fourth-order valence-electron chi connectivity index (χ4n) is 2.55. The highest BCUT2D eigenvalue weighted by molar-refractivity contribution is 8.76. The van der Waals surface area contributed by atoms with E-state index in [1.165, 1.54) is 0 Å². The van der Waals surface area contributed by atoms with Gasteiger partial charge in [-0.05, 0) is 0 Å². The van der Waals surface area contributed by atoms with Gasteiger partial charge in [-0.1, -0.05) is 21.6 Å². The fraction of sp³-hybridized carbons (Fsp3) is 0.600. The third kappa shape index (κ3) is 42.4. The van der Waals surface area contributed by atoms with Crippen molar-refractivity contribution in [3.63, 3.8) is 0 Å². The average molecular weight is 845 g/mol. The molecule has 0 aliphatic carbocycles. The predicted octanol–water partition coefficient (Wildman–Crippen LogP) is -10.2. The standard InChI is InChI=1S/C20H32N6O12S2.2O3.2O2.4H2O/c21-9(19(35)36)1-3-13(27)25-11(17(33)23-5-15(29)30)7-39-40-8-12(18(34)24-6-16(31)32)26-14(28)4-2-10(22)20(37)38;2*1-2-3-1;2*1-2;;;;/h9-12H,1-8,21-22H2,(H,23,33)(H,24,34)(H,25,27)(H,26,28)(H,29,30)(H,31,32)(H,35,36)(H,37,38);;;;;4*1H2/t9-,10-,11-,12-;;;;;;;;/m0......../s1. The molecule has 0 aliphatic heterocycles. The van der Waals surface area contributed by atoms with Crippen LogP contribution in [0, 0.1) is 19.9 Å². The number of amides is 4. The van der Waals surface area contributed by atoms with Crippen molar-refractivity contribution in [3.8, 4) is 0 Å². The van der Waals surface area contributed by atoms with Crippen molar-refractivity contribution in [2.45, 2.75) is 49.9 Å². The molecule has 2 rings (SSSR count). The lowest BCUT2D eigenvalue weighted by Gasteiger charge is -2.20. The van der Waals surface area contributed by atoms with Crippen LogP contribution in [-0.4, -0.2) is 128 Å². The summed E-state index contributed by atoms with van der Waals surface area (Å²) in [6, 6.07) is -4.87. The highest BCUT2D eigenvalue weighted by Crippen LogP contribution is 2.23. The Balaban J connectivity index is -0.000000277. The van der Waals surface area contributed by atoms with Crippen molar-refractivity contribution in [2.24, 2.45) is 0 Å². The van der Waals surface area contributed by atoms with Crippen molar-refractivity contribution in [1.29, 1.82) is 0 Å². The SMILES string of the molecule is O.O.O.O.O=O.O=O.[NH3+][C@@H](CCC(=O)N[C@@H](CSSC[C@H](NC(=O)CC[C@H]([NH3+])C(=O)[O-])C(=O)NCC(=O)O)C(=O)NCC(=O)O)C(=O)[O-].o1oo1.o1oo1. The number of carbonyl (C=O) groups excluding carboxylic acids is 6. The first kappa shape index (κ1) is 63.3. The maximum absolute atomic E-state index is 12.4. The summed E-state index contributed by atoms with van der Waals surface area (Å²) in [5, 5.41) is 48.0. The first-order chi connectivity index (χ1) is 23.6. The number of carboxylic acids is 4. The lowest BCUT2D eigenvalue weighted by molar-refractivity contribution is -0.438. The van der Waals surface area contributed by atoms with Crippen LogP contribution >= 0.6 is 21.6 Å². The van der Waals surface area contributed by atoms with Gasteiger partial charge in [0.2, 0.25) is 23.6 Å². The van der Waals surface area contributed by atoms with Crippen molar-refractivity contribution >= 4 is 69.1 Å². The second-order valence-electron chi connectivity index (χ2n) is 8.55. The van der Waals surface area contributed by atoms with Gasteiger partial charge in [0.25, 0.3) is 0 Å². The number of carboxylic acid groups (broad SMARTS) is 4. The number of quaternary nitrogens is 2. The molecule has 0 aliphatic rings. The first-order valence-electron chi connectivity index (χ1n) is 12.9. The zero-order chi connectivity index (χ0) is 39.1. The van der Waals surface area contributed by atoms with Gasteiger partial charge in [-0.3, -0.25) is 28.8 Å². The van der Waals surface area contributed by atoms with Crippen LogP contribution in [0.5, 0.6) is 0 Å². The van der Waals surface area contributed by atoms with Crippen molar-refractivity contribution in [1.82, 2.24) is 21.3 Å². The molecule has 0 saturated heterocycles. The van der Waals surface area contributed by atoms with Crippen LogP contribution in [0.15, 0.2) is 28.4 Å². The molecular weight excluding hydrogens is 804 g/mol. The molecule has 2 aromatic rings. The second-order valence-corrected chi connectivity index (χ2v) is 11.1. The van der Waals surface area contributed by atoms with Gasteiger partial charge in [0, 0.05) is 85.5 Å². The minimum Gasteiger partial charge on any atom is -0.544 e. The molecule has 2 heterocycles. The van der Waals surface area contributed by atoms with E-state index in [1.807, 2.05) is 0 Å². The van der Waals surface area contributed by atoms with E-state index in [0.717, 1.165) is 21.6 Å². The van der Waals surface area contributed by atoms with Gasteiger partial charge in [-0.15, -0.1) is 0 Å². The number of aliphatic carboxylic acids is 4. The fourth-order valence-corrected chi connectivity index (χ4v) is 4.88. The highest BCUT2D eigenvalue weighted by atomic mass is 33.1. The molecule has 0 unspecified atom stereocenters. The van der Waals surface area contributed by atoms with Gasteiger partial charge in [0.1, 0.15) is 37.3 Å². The van der Waals surface area contributed by atoms with Crippen molar-refractivity contribution in [2.75, 3.05) is 24.6 Å². The molecule has 20 N–H and O–H groups in total. The lowest BCUT2D eigenvalue weighted by atomic mass is 10.1. The van der Waals surface area contributed by atoms with Crippen LogP contribution in [-0.2, 0) is 38.4 Å². The molecule has 0 bridgehead atoms. The molecule has 0 radical (unpaired) electrons. The molecule has 4 amide bonds. The normalized spacial score (nSPS) is 11.1. The number of carbonyl (C=O) groups is 8. The molecule has 318 valence electrons. The molecule has 0 spiro atoms. The van der Waals surface area contributed by atoms with Gasteiger partial charge in [-0.25, -0.2) is 0 Å². The number of hydrogen-bond donors (Lipinski definition) is 8. The summed E-state index contributed by atoms with van der Waals surface area (Å²) in [6.07, 6.45) is -0.979. The van der Waals surface area contributed by atoms with Crippen LogP contribution in [0.4, 0.5) is 0 Å². The molecule has 2 aromatic heterocycles. The third-order valence-corrected chi connectivity index (χ3v) is 7.35. The average Bonchev–Trinajstić information content (AvgIpc) is 3.97. The number of nitrogens with one attached hydrogen (secondary N) is 4. The van der Waals surface area contributed by atoms with E-state index in [9.17, 15) is 48.6 Å². The Kier molecular flexibility index (Phi) is 46.9. The van der Waals surface area contributed by atoms with Gasteiger partial charge in [-0.2, -0.15) is 0 Å². The molecule has 34 heteroatoms. The summed E-state index contributed by atoms with van der Waals surface area (Å²) in [7, 11) is 1.90. The zero-order valence-electron chi connectivity index (χ0n) is 27.3. The smallest absolute Gasteiger partial charge is 0.322 e. The van der Waals surface area contributed by atoms with E-state index in [0.29, 0.717) is 0 Å². The molecule has 0 aromatic carbocycles. The highest BCUT2D eigenvalue weighted by Gasteiger charge is 2.25. The molecule has 32 nitrogen and oxygen atoms in total. The molecule has 0 fully saturated rings. The molecular formula is C20H40N6O26S2. The van der Waals surface area contributed by atoms with Crippen LogP contribution in [0.1, 0.15) is 25.7 Å². The Morgan fingerprint density at radius 1 is 0.556 bits per heavy atom. The summed E-state index contributed by atoms with van der Waals surface area (Å²) in [4.78, 5) is 120. The van der Waals surface area contributed by atoms with Gasteiger partial charge in [0.15, 0.2) is 0 Å². The molecule has 4 atom stereocenters. The van der Waals surface area contributed by atoms with E-state index in [2.05, 4.69) is 61.1 Å². The van der Waals surface area contributed by atoms with Crippen LogP contribution in [0.3, 0.4) is 0 Å². The maximum atomic E-state index is 12.4. The Bertz CT molecular complexity index is 1120. The zero-order valence-corrected chi connectivity index (χ0v) is 28.9. The Hall–Kier alpha value is -5.78. The largest absolute Gasteiger partial charge is 0.544 e. The first-order valence-corrected chi connectivity index (χ1v) is 15.4. The van der Waals surface area contributed by atoms with Crippen molar-refractivity contribution < 1.29 is 121 Å². The van der Waals surface area contributed by atoms with Crippen molar-refractivity contribution in [3.05, 3.63) is 19.9 Å². The monoisotopic (exact) mass is 844 g/mol. The lowest BCUT2D eigenvalue weighted by Crippen LogP contribution is -2.68. The summed E-state index contributed by atoms with van der Waals surface area (Å²) in [5.74, 6) is -9.04. The molecule has 0 saturated carbocycles. The van der Waals surface area contributed by atoms with Crippen LogP contribution in [0.2, 0.25) is 0 Å². The maximum Gasteiger partial charge on any atom is 0.322 e. The van der Waals surface area contributed by atoms with E-state index < -0.39 is 84.8 Å². The van der Waals surface area contributed by atoms with Crippen LogP contribution < -0.4 is 42.9 Å². The quantitative estimate of drug-likeness (QED) is 0.0328. The Morgan fingerprint density at radius 2 is 0.815 bits per heavy atom. The predicted molar refractivity (Wildman–Crippen MR) is 166 cm³/mol. The minimum absolute atomic E-state index is 0. The van der Waals surface area contributed by atoms with E-state index in [1.54, 1.807) is 0 Å². The Morgan fingerprint density at radius 3 is 1.02 bits per heavy atom. The van der Waals surface area contributed by atoms with Gasteiger partial charge >= 0.3 is 11.9 Å². The van der Waals surface area contributed by atoms with Gasteiger partial charge in [0.05, 0.1) is 11.9 Å². The van der Waals surface area contributed by atoms with E-state index in [-0.39, 0.29) is 59.1 Å². The summed E-state index contributed by atoms with van der Waals surface area (Å²) >= 11 is 0. The van der Waals surface area contributed by atoms with E-state index >= 15 is 0 Å². The molecule has 54 heavy (non-hydrogen) atoms. The second kappa shape index (κ2) is 40.0. The topological polar surface area (TPSA) is 600 Å². The summed E-state index contributed by atoms with van der Waals surface area (Å²) in [6.45, 7) is -1.48. The minimum atomic E-state index is -1.46. The van der Waals surface area contributed by atoms with Gasteiger partial charge < -0.3 is 84.7 Å². The van der Waals surface area contributed by atoms with Crippen LogP contribution in [0.25, 0.3) is 0 Å². The summed E-state index contributed by atoms with van der Waals surface area (Å²) < 4.78 is 21.0. The Labute approximate surface area is 305 Å².